The summed E-state index contributed by atoms with van der Waals surface area (Å²) in [5.41, 5.74) is 0. The molecular formula is C10H16N2O3. The minimum Gasteiger partial charge on any atom is -0.387 e. The van der Waals surface area contributed by atoms with Crippen molar-refractivity contribution in [2.75, 3.05) is 26.2 Å². The molecule has 84 valence electrons. The molecule has 0 aromatic heterocycles. The molecule has 5 heteroatoms. The Bertz CT molecular complexity index is 280. The Morgan fingerprint density at radius 1 is 1.47 bits per heavy atom. The van der Waals surface area contributed by atoms with Crippen LogP contribution in [0.5, 0.6) is 0 Å². The molecule has 1 unspecified atom stereocenters. The monoisotopic (exact) mass is 212 g/mol. The summed E-state index contributed by atoms with van der Waals surface area (Å²) in [5, 5.41) is 8.75. The Labute approximate surface area is 88.6 Å². The predicted molar refractivity (Wildman–Crippen MR) is 53.0 cm³/mol. The van der Waals surface area contributed by atoms with Gasteiger partial charge in [0, 0.05) is 19.1 Å². The second-order valence-electron chi connectivity index (χ2n) is 4.17. The van der Waals surface area contributed by atoms with Crippen molar-refractivity contribution in [1.29, 1.82) is 0 Å². The number of aliphatic hydroxyl groups excluding tert-OH is 1. The minimum atomic E-state index is -0.500. The Morgan fingerprint density at radius 3 is 3.00 bits per heavy atom. The van der Waals surface area contributed by atoms with Crippen LogP contribution in [0.3, 0.4) is 0 Å². The standard InChI is InChI=1S/C10H16N2O3/c13-7-10(15)11-5-8-3-1-2-4-12(8)9(14)6-11/h8,13H,1-7H2. The number of hydrogen-bond donors (Lipinski definition) is 1. The molecular weight excluding hydrogens is 196 g/mol. The third-order valence-electron chi connectivity index (χ3n) is 3.19. The van der Waals surface area contributed by atoms with Crippen LogP contribution < -0.4 is 0 Å². The van der Waals surface area contributed by atoms with E-state index in [0.29, 0.717) is 6.54 Å². The van der Waals surface area contributed by atoms with Crippen LogP contribution >= 0.6 is 0 Å². The van der Waals surface area contributed by atoms with Gasteiger partial charge in [-0.2, -0.15) is 0 Å². The first-order chi connectivity index (χ1) is 7.22. The molecule has 0 spiro atoms. The van der Waals surface area contributed by atoms with E-state index in [1.54, 1.807) is 0 Å². The van der Waals surface area contributed by atoms with E-state index in [9.17, 15) is 9.59 Å². The second kappa shape index (κ2) is 4.18. The number of piperidine rings is 1. The summed E-state index contributed by atoms with van der Waals surface area (Å²) in [6.07, 6.45) is 3.16. The molecule has 15 heavy (non-hydrogen) atoms. The van der Waals surface area contributed by atoms with Crippen molar-refractivity contribution in [3.05, 3.63) is 0 Å². The molecule has 2 heterocycles. The molecule has 0 aliphatic carbocycles. The third kappa shape index (κ3) is 1.97. The Hall–Kier alpha value is -1.10. The first-order valence-corrected chi connectivity index (χ1v) is 5.40. The lowest BCUT2D eigenvalue weighted by molar-refractivity contribution is -0.151. The lowest BCUT2D eigenvalue weighted by Crippen LogP contribution is -2.59. The molecule has 2 aliphatic heterocycles. The highest BCUT2D eigenvalue weighted by Crippen LogP contribution is 2.21. The summed E-state index contributed by atoms with van der Waals surface area (Å²) < 4.78 is 0. The maximum Gasteiger partial charge on any atom is 0.248 e. The highest BCUT2D eigenvalue weighted by molar-refractivity contribution is 5.86. The van der Waals surface area contributed by atoms with Crippen LogP contribution in [0.1, 0.15) is 19.3 Å². The fourth-order valence-electron chi connectivity index (χ4n) is 2.38. The van der Waals surface area contributed by atoms with E-state index in [2.05, 4.69) is 0 Å². The van der Waals surface area contributed by atoms with Crippen LogP contribution in [-0.2, 0) is 9.59 Å². The molecule has 2 rings (SSSR count). The fourth-order valence-corrected chi connectivity index (χ4v) is 2.38. The van der Waals surface area contributed by atoms with Gasteiger partial charge in [-0.15, -0.1) is 0 Å². The van der Waals surface area contributed by atoms with Crippen molar-refractivity contribution in [3.8, 4) is 0 Å². The molecule has 0 saturated carbocycles. The van der Waals surface area contributed by atoms with Gasteiger partial charge in [0.15, 0.2) is 0 Å². The zero-order valence-electron chi connectivity index (χ0n) is 8.69. The van der Waals surface area contributed by atoms with E-state index in [0.717, 1.165) is 25.8 Å². The molecule has 2 fully saturated rings. The van der Waals surface area contributed by atoms with Crippen LogP contribution in [0.2, 0.25) is 0 Å². The number of amides is 2. The zero-order chi connectivity index (χ0) is 10.8. The third-order valence-corrected chi connectivity index (χ3v) is 3.19. The SMILES string of the molecule is O=C(CO)N1CC(=O)N2CCCCC2C1. The summed E-state index contributed by atoms with van der Waals surface area (Å²) in [6.45, 7) is 1.05. The van der Waals surface area contributed by atoms with Gasteiger partial charge in [-0.1, -0.05) is 0 Å². The van der Waals surface area contributed by atoms with Crippen molar-refractivity contribution >= 4 is 11.8 Å². The van der Waals surface area contributed by atoms with Gasteiger partial charge in [0.2, 0.25) is 11.8 Å². The zero-order valence-corrected chi connectivity index (χ0v) is 8.69. The normalized spacial score (nSPS) is 26.5. The smallest absolute Gasteiger partial charge is 0.248 e. The van der Waals surface area contributed by atoms with Gasteiger partial charge in [-0.25, -0.2) is 0 Å². The maximum atomic E-state index is 11.7. The topological polar surface area (TPSA) is 60.9 Å². The lowest BCUT2D eigenvalue weighted by atomic mass is 9.99. The van der Waals surface area contributed by atoms with Crippen LogP contribution in [0, 0.1) is 0 Å². The maximum absolute atomic E-state index is 11.7. The van der Waals surface area contributed by atoms with Gasteiger partial charge in [-0.3, -0.25) is 9.59 Å². The van der Waals surface area contributed by atoms with Crippen molar-refractivity contribution in [3.63, 3.8) is 0 Å². The Morgan fingerprint density at radius 2 is 2.27 bits per heavy atom. The average molecular weight is 212 g/mol. The number of nitrogens with zero attached hydrogens (tertiary/aromatic N) is 2. The fraction of sp³-hybridized carbons (Fsp3) is 0.800. The van der Waals surface area contributed by atoms with E-state index in [1.807, 2.05) is 4.90 Å². The van der Waals surface area contributed by atoms with Crippen molar-refractivity contribution < 1.29 is 14.7 Å². The summed E-state index contributed by atoms with van der Waals surface area (Å²) in [6, 6.07) is 0.176. The van der Waals surface area contributed by atoms with E-state index in [1.165, 1.54) is 4.90 Å². The molecule has 1 atom stereocenters. The molecule has 0 radical (unpaired) electrons. The summed E-state index contributed by atoms with van der Waals surface area (Å²) >= 11 is 0. The molecule has 2 aliphatic rings. The molecule has 0 aromatic carbocycles. The quantitative estimate of drug-likeness (QED) is 0.619. The minimum absolute atomic E-state index is 0.0211. The van der Waals surface area contributed by atoms with Crippen molar-refractivity contribution in [2.24, 2.45) is 0 Å². The number of carbonyl (C=O) groups excluding carboxylic acids is 2. The van der Waals surface area contributed by atoms with E-state index in [4.69, 9.17) is 5.11 Å². The van der Waals surface area contributed by atoms with E-state index >= 15 is 0 Å². The molecule has 2 saturated heterocycles. The molecule has 1 N–H and O–H groups in total. The number of aliphatic hydroxyl groups is 1. The highest BCUT2D eigenvalue weighted by Gasteiger charge is 2.35. The molecule has 2 amide bonds. The van der Waals surface area contributed by atoms with Gasteiger partial charge in [-0.05, 0) is 19.3 Å². The molecule has 5 nitrogen and oxygen atoms in total. The molecule has 0 aromatic rings. The van der Waals surface area contributed by atoms with Gasteiger partial charge in [0.25, 0.3) is 0 Å². The predicted octanol–water partition coefficient (Wildman–Crippen LogP) is -0.798. The van der Waals surface area contributed by atoms with Gasteiger partial charge in [0.05, 0.1) is 6.54 Å². The number of rotatable bonds is 1. The van der Waals surface area contributed by atoms with Crippen LogP contribution in [0.25, 0.3) is 0 Å². The van der Waals surface area contributed by atoms with Crippen LogP contribution in [0.15, 0.2) is 0 Å². The lowest BCUT2D eigenvalue weighted by Gasteiger charge is -2.43. The van der Waals surface area contributed by atoms with E-state index in [-0.39, 0.29) is 24.4 Å². The summed E-state index contributed by atoms with van der Waals surface area (Å²) in [7, 11) is 0. The number of fused-ring (bicyclic) bond motifs is 1. The van der Waals surface area contributed by atoms with Gasteiger partial charge in [0.1, 0.15) is 6.61 Å². The first kappa shape index (κ1) is 10.4. The Balaban J connectivity index is 2.05. The van der Waals surface area contributed by atoms with Crippen molar-refractivity contribution in [1.82, 2.24) is 9.80 Å². The Kier molecular flexibility index (Phi) is 2.90. The summed E-state index contributed by atoms with van der Waals surface area (Å²) in [4.78, 5) is 26.3. The highest BCUT2D eigenvalue weighted by atomic mass is 16.3. The van der Waals surface area contributed by atoms with Crippen LogP contribution in [0.4, 0.5) is 0 Å². The molecule has 0 bridgehead atoms. The van der Waals surface area contributed by atoms with Crippen molar-refractivity contribution in [2.45, 2.75) is 25.3 Å². The number of hydrogen-bond acceptors (Lipinski definition) is 3. The number of carbonyl (C=O) groups is 2. The van der Waals surface area contributed by atoms with Gasteiger partial charge >= 0.3 is 0 Å². The van der Waals surface area contributed by atoms with Gasteiger partial charge < -0.3 is 14.9 Å². The first-order valence-electron chi connectivity index (χ1n) is 5.40. The largest absolute Gasteiger partial charge is 0.387 e. The average Bonchev–Trinajstić information content (AvgIpc) is 2.28. The van der Waals surface area contributed by atoms with E-state index < -0.39 is 6.61 Å². The second-order valence-corrected chi connectivity index (χ2v) is 4.17. The van der Waals surface area contributed by atoms with Crippen LogP contribution in [-0.4, -0.2) is 59.0 Å². The summed E-state index contributed by atoms with van der Waals surface area (Å²) in [5.74, 6) is -0.318. The number of piperazine rings is 1.